The number of furan rings is 1. The van der Waals surface area contributed by atoms with Crippen molar-refractivity contribution >= 4 is 50.3 Å². The van der Waals surface area contributed by atoms with E-state index in [1.807, 2.05) is 41.3 Å². The molecule has 3 N–H and O–H groups in total. The van der Waals surface area contributed by atoms with E-state index in [-0.39, 0.29) is 40.8 Å². The molecule has 0 radical (unpaired) electrons. The molecule has 2 saturated heterocycles. The van der Waals surface area contributed by atoms with Gasteiger partial charge in [-0.25, -0.2) is 4.39 Å². The number of aliphatic hydroxyl groups excluding tert-OH is 1. The Morgan fingerprint density at radius 3 is 2.65 bits per heavy atom. The van der Waals surface area contributed by atoms with Crippen LogP contribution in [0.2, 0.25) is 0 Å². The SMILES string of the molecule is CC(O)CC(=O)NC1CCN(c2c(F)cc3c(=O)c(C(=O)NCCCN4CCN(C)CC4)cn4c3c2Oc2cc3c(cc2-4)oc2ccccc23)C1. The molecule has 5 aromatic rings. The number of nitrogens with zero attached hydrogens (tertiary/aromatic N) is 4. The van der Waals surface area contributed by atoms with Gasteiger partial charge in [-0.3, -0.25) is 14.4 Å². The quantitative estimate of drug-likeness (QED) is 0.192. The number of carbonyl (C=O) groups is 2. The van der Waals surface area contributed by atoms with Crippen molar-refractivity contribution in [2.24, 2.45) is 0 Å². The molecule has 2 fully saturated rings. The maximum Gasteiger partial charge on any atom is 0.256 e. The zero-order chi connectivity index (χ0) is 35.4. The van der Waals surface area contributed by atoms with Crippen molar-refractivity contribution in [3.8, 4) is 17.2 Å². The molecule has 0 aliphatic carbocycles. The maximum absolute atomic E-state index is 16.4. The van der Waals surface area contributed by atoms with Crippen molar-refractivity contribution in [3.63, 3.8) is 0 Å². The van der Waals surface area contributed by atoms with Crippen LogP contribution in [0, 0.1) is 5.82 Å². The predicted molar refractivity (Wildman–Crippen MR) is 193 cm³/mol. The summed E-state index contributed by atoms with van der Waals surface area (Å²) in [6.45, 7) is 7.49. The van der Waals surface area contributed by atoms with Crippen LogP contribution in [-0.2, 0) is 4.79 Å². The van der Waals surface area contributed by atoms with Crippen molar-refractivity contribution in [2.45, 2.75) is 38.3 Å². The van der Waals surface area contributed by atoms with Crippen LogP contribution in [0.25, 0.3) is 38.5 Å². The summed E-state index contributed by atoms with van der Waals surface area (Å²) in [5, 5.41) is 17.2. The van der Waals surface area contributed by atoms with Crippen LogP contribution >= 0.6 is 0 Å². The fraction of sp³-hybridized carbons (Fsp3) is 0.395. The van der Waals surface area contributed by atoms with Gasteiger partial charge in [-0.1, -0.05) is 18.2 Å². The minimum Gasteiger partial charge on any atom is -0.456 e. The van der Waals surface area contributed by atoms with E-state index < -0.39 is 23.3 Å². The Morgan fingerprint density at radius 2 is 1.84 bits per heavy atom. The lowest BCUT2D eigenvalue weighted by Crippen LogP contribution is -2.45. The molecule has 3 aromatic carbocycles. The molecular formula is C38H41FN6O6. The van der Waals surface area contributed by atoms with Gasteiger partial charge in [-0.2, -0.15) is 0 Å². The zero-order valence-electron chi connectivity index (χ0n) is 28.7. The van der Waals surface area contributed by atoms with E-state index in [4.69, 9.17) is 9.15 Å². The largest absolute Gasteiger partial charge is 0.456 e. The van der Waals surface area contributed by atoms with Crippen LogP contribution in [-0.4, -0.2) is 103 Å². The van der Waals surface area contributed by atoms with Gasteiger partial charge < -0.3 is 44.2 Å². The summed E-state index contributed by atoms with van der Waals surface area (Å²) in [5.41, 5.74) is 1.67. The first-order valence-corrected chi connectivity index (χ1v) is 17.6. The second-order valence-electron chi connectivity index (χ2n) is 14.0. The van der Waals surface area contributed by atoms with Crippen LogP contribution in [0.15, 0.2) is 57.9 Å². The summed E-state index contributed by atoms with van der Waals surface area (Å²) < 4.78 is 30.8. The minimum atomic E-state index is -0.775. The second kappa shape index (κ2) is 13.3. The first-order valence-electron chi connectivity index (χ1n) is 17.6. The number of benzene rings is 3. The molecule has 0 bridgehead atoms. The van der Waals surface area contributed by atoms with Gasteiger partial charge >= 0.3 is 0 Å². The van der Waals surface area contributed by atoms with Gasteiger partial charge in [0, 0.05) is 74.9 Å². The highest BCUT2D eigenvalue weighted by Crippen LogP contribution is 2.49. The molecule has 13 heteroatoms. The normalized spacial score (nSPS) is 18.3. The number of amides is 2. The molecule has 0 spiro atoms. The number of hydrogen-bond acceptors (Lipinski definition) is 9. The van der Waals surface area contributed by atoms with E-state index in [1.165, 1.54) is 12.3 Å². The monoisotopic (exact) mass is 696 g/mol. The number of aromatic nitrogens is 1. The van der Waals surface area contributed by atoms with E-state index in [0.717, 1.165) is 49.9 Å². The standard InChI is InChI=1S/C38H41FN6O6/c1-22(46)16-33(47)41-23-8-11-44(20-23)35-28(39)17-26-34-37(35)51-32-18-25-24-6-3-4-7-30(24)50-31(25)19-29(32)45(34)21-27(36(26)48)38(49)40-9-5-10-43-14-12-42(2)13-15-43/h3-4,6-7,17-19,21-23,46H,5,8-16,20H2,1-2H3,(H,40,49)(H,41,47). The first kappa shape index (κ1) is 33.2. The van der Waals surface area contributed by atoms with Gasteiger partial charge in [-0.15, -0.1) is 0 Å². The number of rotatable bonds is 9. The lowest BCUT2D eigenvalue weighted by atomic mass is 10.0. The number of piperazine rings is 1. The van der Waals surface area contributed by atoms with E-state index in [9.17, 15) is 19.5 Å². The molecule has 51 heavy (non-hydrogen) atoms. The third-order valence-electron chi connectivity index (χ3n) is 10.2. The summed E-state index contributed by atoms with van der Waals surface area (Å²) in [4.78, 5) is 46.5. The number of anilines is 1. The number of fused-ring (bicyclic) bond motifs is 5. The van der Waals surface area contributed by atoms with Crippen LogP contribution in [0.4, 0.5) is 10.1 Å². The summed E-state index contributed by atoms with van der Waals surface area (Å²) in [7, 11) is 2.11. The van der Waals surface area contributed by atoms with Crippen LogP contribution in [0.1, 0.15) is 36.5 Å². The first-order chi connectivity index (χ1) is 24.6. The third kappa shape index (κ3) is 6.19. The maximum atomic E-state index is 16.4. The lowest BCUT2D eigenvalue weighted by Gasteiger charge is -2.32. The van der Waals surface area contributed by atoms with Crippen molar-refractivity contribution < 1.29 is 28.2 Å². The highest BCUT2D eigenvalue weighted by Gasteiger charge is 2.34. The van der Waals surface area contributed by atoms with Gasteiger partial charge in [-0.05, 0) is 51.6 Å². The number of nitrogens with one attached hydrogen (secondary N) is 2. The number of ether oxygens (including phenoxy) is 1. The Kier molecular flexibility index (Phi) is 8.65. The zero-order valence-corrected chi connectivity index (χ0v) is 28.7. The minimum absolute atomic E-state index is 0.0210. The van der Waals surface area contributed by atoms with Gasteiger partial charge in [0.05, 0.1) is 23.6 Å². The Morgan fingerprint density at radius 1 is 1.04 bits per heavy atom. The van der Waals surface area contributed by atoms with Crippen LogP contribution in [0.3, 0.4) is 0 Å². The predicted octanol–water partition coefficient (Wildman–Crippen LogP) is 3.97. The van der Waals surface area contributed by atoms with Gasteiger partial charge in [0.25, 0.3) is 5.91 Å². The Balaban J connectivity index is 1.17. The highest BCUT2D eigenvalue weighted by atomic mass is 19.1. The van der Waals surface area contributed by atoms with E-state index >= 15 is 4.39 Å². The van der Waals surface area contributed by atoms with Crippen molar-refractivity contribution in [1.82, 2.24) is 25.0 Å². The molecule has 266 valence electrons. The summed E-state index contributed by atoms with van der Waals surface area (Å²) in [6.07, 6.45) is 2.01. The summed E-state index contributed by atoms with van der Waals surface area (Å²) >= 11 is 0. The molecule has 3 aliphatic heterocycles. The molecule has 2 aromatic heterocycles. The average molecular weight is 697 g/mol. The van der Waals surface area contributed by atoms with Crippen molar-refractivity contribution in [1.29, 1.82) is 0 Å². The molecule has 8 rings (SSSR count). The average Bonchev–Trinajstić information content (AvgIpc) is 3.71. The molecule has 2 atom stereocenters. The Bertz CT molecular complexity index is 2240. The Hall–Kier alpha value is -4.98. The number of likely N-dealkylation sites (N-methyl/N-ethyl adjacent to an activating group) is 1. The fourth-order valence-electron chi connectivity index (χ4n) is 7.59. The van der Waals surface area contributed by atoms with Gasteiger partial charge in [0.15, 0.2) is 17.3 Å². The molecular weight excluding hydrogens is 655 g/mol. The topological polar surface area (TPSA) is 133 Å². The van der Waals surface area contributed by atoms with Crippen LogP contribution in [0.5, 0.6) is 11.5 Å². The second-order valence-corrected chi connectivity index (χ2v) is 14.0. The molecule has 2 amide bonds. The molecule has 2 unspecified atom stereocenters. The van der Waals surface area contributed by atoms with E-state index in [1.54, 1.807) is 11.5 Å². The number of pyridine rings is 1. The fourth-order valence-corrected chi connectivity index (χ4v) is 7.59. The smallest absolute Gasteiger partial charge is 0.256 e. The van der Waals surface area contributed by atoms with Gasteiger partial charge in [0.1, 0.15) is 27.9 Å². The number of halogens is 1. The third-order valence-corrected chi connectivity index (χ3v) is 10.2. The van der Waals surface area contributed by atoms with Crippen molar-refractivity contribution in [3.05, 3.63) is 70.3 Å². The van der Waals surface area contributed by atoms with Crippen LogP contribution < -0.4 is 25.7 Å². The number of hydrogen-bond donors (Lipinski definition) is 3. The summed E-state index contributed by atoms with van der Waals surface area (Å²) in [5.74, 6) is -0.893. The van der Waals surface area contributed by atoms with E-state index in [2.05, 4.69) is 27.5 Å². The summed E-state index contributed by atoms with van der Waals surface area (Å²) in [6, 6.07) is 12.2. The van der Waals surface area contributed by atoms with E-state index in [0.29, 0.717) is 54.2 Å². The molecule has 12 nitrogen and oxygen atoms in total. The highest BCUT2D eigenvalue weighted by molar-refractivity contribution is 6.07. The molecule has 3 aliphatic rings. The molecule has 5 heterocycles. The number of para-hydroxylation sites is 1. The van der Waals surface area contributed by atoms with Gasteiger partial charge in [0.2, 0.25) is 11.3 Å². The van der Waals surface area contributed by atoms with Crippen molar-refractivity contribution in [2.75, 3.05) is 64.3 Å². The number of aliphatic hydroxyl groups is 1. The Labute approximate surface area is 293 Å². The lowest BCUT2D eigenvalue weighted by molar-refractivity contribution is -0.123. The molecule has 0 saturated carbocycles. The number of carbonyl (C=O) groups excluding carboxylic acids is 2.